The predicted molar refractivity (Wildman–Crippen MR) is 122 cm³/mol. The van der Waals surface area contributed by atoms with Gasteiger partial charge in [-0.25, -0.2) is 4.90 Å². The first-order chi connectivity index (χ1) is 15.6. The first kappa shape index (κ1) is 21.0. The summed E-state index contributed by atoms with van der Waals surface area (Å²) in [5.74, 6) is 0.900. The van der Waals surface area contributed by atoms with Gasteiger partial charge in [0.2, 0.25) is 0 Å². The van der Waals surface area contributed by atoms with Crippen molar-refractivity contribution in [2.45, 2.75) is 0 Å². The molecule has 0 fully saturated rings. The molecule has 32 heavy (non-hydrogen) atoms. The molecular weight excluding hydrogens is 408 g/mol. The lowest BCUT2D eigenvalue weighted by molar-refractivity contribution is -0.120. The number of ether oxygens (including phenoxy) is 3. The quantitative estimate of drug-likeness (QED) is 0.569. The summed E-state index contributed by atoms with van der Waals surface area (Å²) in [4.78, 5) is 28.2. The highest BCUT2D eigenvalue weighted by Crippen LogP contribution is 2.37. The molecule has 0 unspecified atom stereocenters. The van der Waals surface area contributed by atoms with Crippen LogP contribution in [0.3, 0.4) is 0 Å². The van der Waals surface area contributed by atoms with Crippen LogP contribution in [0.15, 0.2) is 78.5 Å². The first-order valence-electron chi connectivity index (χ1n) is 9.89. The standard InChI is InChI=1S/C25H22N2O5/c1-30-18-12-8-16(9-13-18)26-23-22(20-6-4-5-7-21(20)32-3)24(28)27(25(23)29)17-10-14-19(31-2)15-11-17/h4-15,26H,1-3H3. The molecular formula is C25H22N2O5. The maximum atomic E-state index is 13.5. The van der Waals surface area contributed by atoms with Gasteiger partial charge >= 0.3 is 0 Å². The number of carbonyl (C=O) groups excluding carboxylic acids is 2. The number of imide groups is 1. The first-order valence-corrected chi connectivity index (χ1v) is 9.89. The van der Waals surface area contributed by atoms with Gasteiger partial charge in [-0.05, 0) is 54.6 Å². The van der Waals surface area contributed by atoms with Gasteiger partial charge < -0.3 is 19.5 Å². The average Bonchev–Trinajstić information content (AvgIpc) is 3.08. The average molecular weight is 430 g/mol. The molecule has 3 aromatic rings. The number of hydrogen-bond donors (Lipinski definition) is 1. The molecule has 3 aromatic carbocycles. The Balaban J connectivity index is 1.81. The van der Waals surface area contributed by atoms with Crippen LogP contribution in [0, 0.1) is 0 Å². The van der Waals surface area contributed by atoms with E-state index in [0.29, 0.717) is 34.2 Å². The fraction of sp³-hybridized carbons (Fsp3) is 0.120. The van der Waals surface area contributed by atoms with Crippen LogP contribution in [0.2, 0.25) is 0 Å². The third-order valence-corrected chi connectivity index (χ3v) is 5.15. The highest BCUT2D eigenvalue weighted by Gasteiger charge is 2.41. The van der Waals surface area contributed by atoms with E-state index in [0.717, 1.165) is 4.90 Å². The number of carbonyl (C=O) groups is 2. The zero-order valence-electron chi connectivity index (χ0n) is 17.9. The number of methoxy groups -OCH3 is 3. The van der Waals surface area contributed by atoms with Gasteiger partial charge in [0.25, 0.3) is 11.8 Å². The van der Waals surface area contributed by atoms with Crippen molar-refractivity contribution in [3.63, 3.8) is 0 Å². The number of amides is 2. The number of benzene rings is 3. The topological polar surface area (TPSA) is 77.1 Å². The van der Waals surface area contributed by atoms with E-state index in [4.69, 9.17) is 14.2 Å². The Bertz CT molecular complexity index is 1180. The van der Waals surface area contributed by atoms with Gasteiger partial charge in [-0.15, -0.1) is 0 Å². The minimum absolute atomic E-state index is 0.167. The van der Waals surface area contributed by atoms with Crippen molar-refractivity contribution in [1.29, 1.82) is 0 Å². The summed E-state index contributed by atoms with van der Waals surface area (Å²) in [5, 5.41) is 3.13. The Hall–Kier alpha value is -4.26. The lowest BCUT2D eigenvalue weighted by Crippen LogP contribution is -2.32. The number of nitrogens with zero attached hydrogens (tertiary/aromatic N) is 1. The molecule has 1 aliphatic heterocycles. The van der Waals surface area contributed by atoms with E-state index in [9.17, 15) is 9.59 Å². The molecule has 1 heterocycles. The molecule has 2 amide bonds. The summed E-state index contributed by atoms with van der Waals surface area (Å²) >= 11 is 0. The van der Waals surface area contributed by atoms with Gasteiger partial charge in [0.05, 0.1) is 32.6 Å². The highest BCUT2D eigenvalue weighted by atomic mass is 16.5. The maximum absolute atomic E-state index is 13.5. The second-order valence-electron chi connectivity index (χ2n) is 6.95. The maximum Gasteiger partial charge on any atom is 0.282 e. The van der Waals surface area contributed by atoms with Crippen molar-refractivity contribution in [2.24, 2.45) is 0 Å². The summed E-state index contributed by atoms with van der Waals surface area (Å²) in [6.45, 7) is 0. The summed E-state index contributed by atoms with van der Waals surface area (Å²) in [5.41, 5.74) is 2.02. The molecule has 4 rings (SSSR count). The van der Waals surface area contributed by atoms with Gasteiger partial charge in [-0.1, -0.05) is 18.2 Å². The number of para-hydroxylation sites is 1. The lowest BCUT2D eigenvalue weighted by Gasteiger charge is -2.16. The van der Waals surface area contributed by atoms with E-state index in [1.54, 1.807) is 80.9 Å². The number of anilines is 2. The SMILES string of the molecule is COc1ccc(NC2=C(c3ccccc3OC)C(=O)N(c3ccc(OC)cc3)C2=O)cc1. The molecule has 0 bridgehead atoms. The molecule has 7 nitrogen and oxygen atoms in total. The van der Waals surface area contributed by atoms with Gasteiger partial charge in [0, 0.05) is 11.3 Å². The monoisotopic (exact) mass is 430 g/mol. The normalized spacial score (nSPS) is 13.4. The zero-order chi connectivity index (χ0) is 22.7. The Morgan fingerprint density at radius 2 is 1.28 bits per heavy atom. The van der Waals surface area contributed by atoms with Crippen LogP contribution >= 0.6 is 0 Å². The van der Waals surface area contributed by atoms with Gasteiger partial charge in [0.15, 0.2) is 0 Å². The van der Waals surface area contributed by atoms with E-state index in [-0.39, 0.29) is 11.3 Å². The molecule has 7 heteroatoms. The number of nitrogens with one attached hydrogen (secondary N) is 1. The van der Waals surface area contributed by atoms with Crippen LogP contribution in [0.25, 0.3) is 5.57 Å². The molecule has 1 N–H and O–H groups in total. The largest absolute Gasteiger partial charge is 0.497 e. The smallest absolute Gasteiger partial charge is 0.282 e. The second-order valence-corrected chi connectivity index (χ2v) is 6.95. The Labute approximate surface area is 185 Å². The zero-order valence-corrected chi connectivity index (χ0v) is 17.9. The summed E-state index contributed by atoms with van der Waals surface area (Å²) in [6.07, 6.45) is 0. The van der Waals surface area contributed by atoms with Crippen LogP contribution in [-0.2, 0) is 9.59 Å². The van der Waals surface area contributed by atoms with Crippen molar-refractivity contribution >= 4 is 28.8 Å². The third-order valence-electron chi connectivity index (χ3n) is 5.15. The Morgan fingerprint density at radius 1 is 0.688 bits per heavy atom. The Kier molecular flexibility index (Phi) is 5.81. The van der Waals surface area contributed by atoms with Crippen LogP contribution in [0.5, 0.6) is 17.2 Å². The highest BCUT2D eigenvalue weighted by molar-refractivity contribution is 6.46. The van der Waals surface area contributed by atoms with Crippen molar-refractivity contribution in [1.82, 2.24) is 0 Å². The third kappa shape index (κ3) is 3.76. The Morgan fingerprint density at radius 3 is 1.88 bits per heavy atom. The lowest BCUT2D eigenvalue weighted by atomic mass is 10.0. The molecule has 0 atom stereocenters. The molecule has 0 radical (unpaired) electrons. The van der Waals surface area contributed by atoms with E-state index in [1.165, 1.54) is 7.11 Å². The predicted octanol–water partition coefficient (Wildman–Crippen LogP) is 4.11. The number of hydrogen-bond acceptors (Lipinski definition) is 6. The minimum Gasteiger partial charge on any atom is -0.497 e. The molecule has 0 saturated carbocycles. The molecule has 0 spiro atoms. The van der Waals surface area contributed by atoms with E-state index >= 15 is 0 Å². The van der Waals surface area contributed by atoms with Crippen LogP contribution in [0.1, 0.15) is 5.56 Å². The van der Waals surface area contributed by atoms with Crippen molar-refractivity contribution in [3.05, 3.63) is 84.1 Å². The van der Waals surface area contributed by atoms with E-state index in [2.05, 4.69) is 5.32 Å². The summed E-state index contributed by atoms with van der Waals surface area (Å²) in [6, 6.07) is 21.0. The van der Waals surface area contributed by atoms with E-state index in [1.807, 2.05) is 6.07 Å². The van der Waals surface area contributed by atoms with Gasteiger partial charge in [-0.3, -0.25) is 9.59 Å². The van der Waals surface area contributed by atoms with Crippen LogP contribution in [0.4, 0.5) is 11.4 Å². The van der Waals surface area contributed by atoms with Gasteiger partial charge in [-0.2, -0.15) is 0 Å². The molecule has 1 aliphatic rings. The molecule has 0 aliphatic carbocycles. The fourth-order valence-corrected chi connectivity index (χ4v) is 3.53. The minimum atomic E-state index is -0.461. The second kappa shape index (κ2) is 8.85. The van der Waals surface area contributed by atoms with Gasteiger partial charge in [0.1, 0.15) is 22.9 Å². The molecule has 162 valence electrons. The van der Waals surface area contributed by atoms with Crippen molar-refractivity contribution in [3.8, 4) is 17.2 Å². The fourth-order valence-electron chi connectivity index (χ4n) is 3.53. The molecule has 0 saturated heterocycles. The van der Waals surface area contributed by atoms with Crippen LogP contribution < -0.4 is 24.4 Å². The number of rotatable bonds is 7. The van der Waals surface area contributed by atoms with Crippen LogP contribution in [-0.4, -0.2) is 33.1 Å². The van der Waals surface area contributed by atoms with E-state index < -0.39 is 11.8 Å². The van der Waals surface area contributed by atoms with Crippen molar-refractivity contribution < 1.29 is 23.8 Å². The molecule has 0 aromatic heterocycles. The summed E-state index contributed by atoms with van der Waals surface area (Å²) in [7, 11) is 4.66. The van der Waals surface area contributed by atoms with Crippen molar-refractivity contribution in [2.75, 3.05) is 31.5 Å². The summed E-state index contributed by atoms with van der Waals surface area (Å²) < 4.78 is 15.8.